The van der Waals surface area contributed by atoms with E-state index >= 15 is 0 Å². The van der Waals surface area contributed by atoms with Crippen molar-refractivity contribution in [1.82, 2.24) is 0 Å². The van der Waals surface area contributed by atoms with Crippen molar-refractivity contribution in [2.45, 2.75) is 18.6 Å². The first-order chi connectivity index (χ1) is 8.94. The van der Waals surface area contributed by atoms with Gasteiger partial charge in [0.05, 0.1) is 5.69 Å². The Kier molecular flexibility index (Phi) is 3.84. The fraction of sp³-hybridized carbons (Fsp3) is 0.167. The molecule has 5 nitrogen and oxygen atoms in total. The fourth-order valence-corrected chi connectivity index (χ4v) is 2.75. The zero-order valence-corrected chi connectivity index (χ0v) is 11.6. The SMILES string of the molecule is Cc1c(Cl)cccc1NS(=O)(=O)c1ccc(CO)o1. The maximum atomic E-state index is 12.1. The Morgan fingerprint density at radius 1 is 1.32 bits per heavy atom. The van der Waals surface area contributed by atoms with Gasteiger partial charge in [0.15, 0.2) is 0 Å². The lowest BCUT2D eigenvalue weighted by Crippen LogP contribution is -2.13. The van der Waals surface area contributed by atoms with Crippen LogP contribution in [-0.2, 0) is 16.6 Å². The summed E-state index contributed by atoms with van der Waals surface area (Å²) in [5.74, 6) is 0.184. The van der Waals surface area contributed by atoms with Gasteiger partial charge in [0.25, 0.3) is 10.0 Å². The van der Waals surface area contributed by atoms with Crippen LogP contribution in [0.15, 0.2) is 39.8 Å². The summed E-state index contributed by atoms with van der Waals surface area (Å²) in [6, 6.07) is 7.61. The first-order valence-corrected chi connectivity index (χ1v) is 7.27. The molecule has 0 unspecified atom stereocenters. The number of rotatable bonds is 4. The Bertz CT molecular complexity index is 694. The molecule has 2 aromatic rings. The van der Waals surface area contributed by atoms with Crippen molar-refractivity contribution >= 4 is 27.3 Å². The molecule has 0 amide bonds. The van der Waals surface area contributed by atoms with E-state index in [0.717, 1.165) is 0 Å². The minimum absolute atomic E-state index is 0.184. The van der Waals surface area contributed by atoms with E-state index in [1.807, 2.05) is 0 Å². The van der Waals surface area contributed by atoms with Gasteiger partial charge in [0.1, 0.15) is 12.4 Å². The molecule has 2 N–H and O–H groups in total. The van der Waals surface area contributed by atoms with Gasteiger partial charge in [-0.3, -0.25) is 4.72 Å². The average Bonchev–Trinajstić information content (AvgIpc) is 2.84. The summed E-state index contributed by atoms with van der Waals surface area (Å²) in [6.45, 7) is 1.35. The summed E-state index contributed by atoms with van der Waals surface area (Å²) < 4.78 is 31.5. The lowest BCUT2D eigenvalue weighted by Gasteiger charge is -2.09. The van der Waals surface area contributed by atoms with E-state index < -0.39 is 10.0 Å². The number of sulfonamides is 1. The summed E-state index contributed by atoms with van der Waals surface area (Å²) in [5, 5.41) is 9.07. The molecule has 0 aliphatic rings. The van der Waals surface area contributed by atoms with Crippen molar-refractivity contribution in [3.63, 3.8) is 0 Å². The van der Waals surface area contributed by atoms with Crippen LogP contribution in [0.25, 0.3) is 0 Å². The van der Waals surface area contributed by atoms with Gasteiger partial charge in [-0.05, 0) is 36.8 Å². The van der Waals surface area contributed by atoms with Crippen LogP contribution >= 0.6 is 11.6 Å². The Hall–Kier alpha value is -1.50. The second-order valence-electron chi connectivity index (χ2n) is 3.90. The van der Waals surface area contributed by atoms with Crippen LogP contribution in [0.3, 0.4) is 0 Å². The van der Waals surface area contributed by atoms with Crippen LogP contribution < -0.4 is 4.72 Å². The van der Waals surface area contributed by atoms with Gasteiger partial charge >= 0.3 is 0 Å². The number of hydrogen-bond donors (Lipinski definition) is 2. The van der Waals surface area contributed by atoms with Crippen molar-refractivity contribution in [2.75, 3.05) is 4.72 Å². The highest BCUT2D eigenvalue weighted by Gasteiger charge is 2.20. The predicted octanol–water partition coefficient (Wildman–Crippen LogP) is 2.53. The molecule has 0 aliphatic carbocycles. The van der Waals surface area contributed by atoms with E-state index in [1.54, 1.807) is 25.1 Å². The highest BCUT2D eigenvalue weighted by atomic mass is 35.5. The summed E-state index contributed by atoms with van der Waals surface area (Å²) in [7, 11) is -3.83. The van der Waals surface area contributed by atoms with Gasteiger partial charge < -0.3 is 9.52 Å². The number of benzene rings is 1. The van der Waals surface area contributed by atoms with Crippen LogP contribution in [-0.4, -0.2) is 13.5 Å². The molecule has 0 radical (unpaired) electrons. The standard InChI is InChI=1S/C12H12ClNO4S/c1-8-10(13)3-2-4-11(8)14-19(16,17)12-6-5-9(7-15)18-12/h2-6,14-15H,7H2,1H3. The highest BCUT2D eigenvalue weighted by molar-refractivity contribution is 7.92. The molecule has 1 aromatic heterocycles. The van der Waals surface area contributed by atoms with Crippen molar-refractivity contribution in [2.24, 2.45) is 0 Å². The van der Waals surface area contributed by atoms with E-state index in [4.69, 9.17) is 21.1 Å². The van der Waals surface area contributed by atoms with Gasteiger partial charge in [0.2, 0.25) is 5.09 Å². The molecule has 2 rings (SSSR count). The first-order valence-electron chi connectivity index (χ1n) is 5.41. The molecule has 1 heterocycles. The molecule has 102 valence electrons. The van der Waals surface area contributed by atoms with Crippen LogP contribution in [0.2, 0.25) is 5.02 Å². The minimum atomic E-state index is -3.83. The number of furan rings is 1. The van der Waals surface area contributed by atoms with Crippen molar-refractivity contribution in [3.8, 4) is 0 Å². The number of nitrogens with one attached hydrogen (secondary N) is 1. The number of hydrogen-bond acceptors (Lipinski definition) is 4. The molecular formula is C12H12ClNO4S. The lowest BCUT2D eigenvalue weighted by molar-refractivity contribution is 0.236. The number of anilines is 1. The molecule has 19 heavy (non-hydrogen) atoms. The Morgan fingerprint density at radius 3 is 2.68 bits per heavy atom. The number of aliphatic hydroxyl groups is 1. The monoisotopic (exact) mass is 301 g/mol. The lowest BCUT2D eigenvalue weighted by atomic mass is 10.2. The molecule has 0 bridgehead atoms. The average molecular weight is 302 g/mol. The summed E-state index contributed by atoms with van der Waals surface area (Å²) in [5.41, 5.74) is 1.01. The normalized spacial score (nSPS) is 11.5. The summed E-state index contributed by atoms with van der Waals surface area (Å²) in [4.78, 5) is 0. The summed E-state index contributed by atoms with van der Waals surface area (Å²) >= 11 is 5.92. The van der Waals surface area contributed by atoms with E-state index in [2.05, 4.69) is 4.72 Å². The predicted molar refractivity (Wildman–Crippen MR) is 71.6 cm³/mol. The topological polar surface area (TPSA) is 79.5 Å². The van der Waals surface area contributed by atoms with E-state index in [-0.39, 0.29) is 17.5 Å². The Balaban J connectivity index is 2.33. The van der Waals surface area contributed by atoms with Crippen molar-refractivity contribution in [3.05, 3.63) is 46.7 Å². The quantitative estimate of drug-likeness (QED) is 0.909. The third-order valence-corrected chi connectivity index (χ3v) is 4.22. The van der Waals surface area contributed by atoms with Crippen LogP contribution in [0.4, 0.5) is 5.69 Å². The van der Waals surface area contributed by atoms with Crippen molar-refractivity contribution in [1.29, 1.82) is 0 Å². The molecule has 0 saturated heterocycles. The highest BCUT2D eigenvalue weighted by Crippen LogP contribution is 2.25. The van der Waals surface area contributed by atoms with Gasteiger partial charge in [-0.25, -0.2) is 0 Å². The molecule has 7 heteroatoms. The third kappa shape index (κ3) is 2.91. The first kappa shape index (κ1) is 13.9. The molecule has 0 saturated carbocycles. The molecule has 0 aliphatic heterocycles. The van der Waals surface area contributed by atoms with E-state index in [9.17, 15) is 8.42 Å². The zero-order valence-electron chi connectivity index (χ0n) is 10.1. The van der Waals surface area contributed by atoms with Crippen LogP contribution in [0.1, 0.15) is 11.3 Å². The number of halogens is 1. The van der Waals surface area contributed by atoms with E-state index in [1.165, 1.54) is 12.1 Å². The maximum absolute atomic E-state index is 12.1. The molecular weight excluding hydrogens is 290 g/mol. The van der Waals surface area contributed by atoms with Gasteiger partial charge in [-0.1, -0.05) is 17.7 Å². The second kappa shape index (κ2) is 5.24. The Morgan fingerprint density at radius 2 is 2.05 bits per heavy atom. The molecule has 0 fully saturated rings. The van der Waals surface area contributed by atoms with E-state index in [0.29, 0.717) is 16.3 Å². The molecule has 0 spiro atoms. The molecule has 0 atom stereocenters. The van der Waals surface area contributed by atoms with Gasteiger partial charge in [0, 0.05) is 5.02 Å². The second-order valence-corrected chi connectivity index (χ2v) is 5.92. The maximum Gasteiger partial charge on any atom is 0.295 e. The minimum Gasteiger partial charge on any atom is -0.445 e. The number of aliphatic hydroxyl groups excluding tert-OH is 1. The van der Waals surface area contributed by atoms with Crippen LogP contribution in [0.5, 0.6) is 0 Å². The smallest absolute Gasteiger partial charge is 0.295 e. The van der Waals surface area contributed by atoms with Gasteiger partial charge in [-0.2, -0.15) is 8.42 Å². The van der Waals surface area contributed by atoms with Gasteiger partial charge in [-0.15, -0.1) is 0 Å². The largest absolute Gasteiger partial charge is 0.445 e. The van der Waals surface area contributed by atoms with Crippen molar-refractivity contribution < 1.29 is 17.9 Å². The molecule has 1 aromatic carbocycles. The Labute approximate surface area is 115 Å². The summed E-state index contributed by atoms with van der Waals surface area (Å²) in [6.07, 6.45) is 0. The third-order valence-electron chi connectivity index (χ3n) is 2.57. The van der Waals surface area contributed by atoms with Crippen LogP contribution in [0, 0.1) is 6.92 Å². The fourth-order valence-electron chi connectivity index (χ4n) is 1.50. The zero-order chi connectivity index (χ0) is 14.0.